The van der Waals surface area contributed by atoms with Crippen LogP contribution in [0.15, 0.2) is 30.0 Å². The molecule has 5 atom stereocenters. The average molecular weight is 413 g/mol. The minimum absolute atomic E-state index is 0.00472. The molecule has 1 fully saturated rings. The zero-order valence-corrected chi connectivity index (χ0v) is 16.4. The van der Waals surface area contributed by atoms with Gasteiger partial charge in [-0.05, 0) is 49.3 Å². The molecule has 0 spiro atoms. The van der Waals surface area contributed by atoms with E-state index >= 15 is 0 Å². The summed E-state index contributed by atoms with van der Waals surface area (Å²) in [5.74, 6) is -7.08. The van der Waals surface area contributed by atoms with Crippen LogP contribution in [0.2, 0.25) is 0 Å². The second kappa shape index (κ2) is 6.52. The van der Waals surface area contributed by atoms with Crippen molar-refractivity contribution in [3.8, 4) is 5.75 Å². The van der Waals surface area contributed by atoms with Crippen LogP contribution in [0.3, 0.4) is 0 Å². The molecule has 1 amide bonds. The van der Waals surface area contributed by atoms with Crippen LogP contribution in [-0.2, 0) is 16.0 Å². The van der Waals surface area contributed by atoms with Gasteiger partial charge in [0, 0.05) is 11.5 Å². The molecule has 6 N–H and O–H groups in total. The van der Waals surface area contributed by atoms with Gasteiger partial charge >= 0.3 is 0 Å². The van der Waals surface area contributed by atoms with Crippen LogP contribution in [0.25, 0.3) is 5.57 Å². The van der Waals surface area contributed by atoms with E-state index in [4.69, 9.17) is 5.73 Å². The Morgan fingerprint density at radius 2 is 1.90 bits per heavy atom. The topological polar surface area (TPSA) is 158 Å². The molecule has 1 saturated carbocycles. The first-order valence-corrected chi connectivity index (χ1v) is 9.73. The number of hydrogen-bond acceptors (Lipinski definition) is 7. The number of benzene rings is 1. The van der Waals surface area contributed by atoms with Gasteiger partial charge in [-0.3, -0.25) is 14.4 Å². The summed E-state index contributed by atoms with van der Waals surface area (Å²) in [6.07, 6.45) is -1.08. The second-order valence-corrected chi connectivity index (χ2v) is 8.50. The molecule has 8 nitrogen and oxygen atoms in total. The van der Waals surface area contributed by atoms with Crippen LogP contribution >= 0.6 is 0 Å². The molecule has 8 heteroatoms. The molecule has 158 valence electrons. The maximum Gasteiger partial charge on any atom is 0.230 e. The first-order chi connectivity index (χ1) is 14.0. The number of carbonyl (C=O) groups is 3. The van der Waals surface area contributed by atoms with Crippen molar-refractivity contribution in [2.75, 3.05) is 0 Å². The molecule has 0 bridgehead atoms. The third kappa shape index (κ3) is 2.50. The Labute approximate surface area is 172 Å². The maximum atomic E-state index is 13.3. The van der Waals surface area contributed by atoms with Crippen molar-refractivity contribution in [1.29, 1.82) is 0 Å². The Hall–Kier alpha value is -2.97. The third-order valence-electron chi connectivity index (χ3n) is 6.73. The minimum Gasteiger partial charge on any atom is -0.508 e. The molecule has 30 heavy (non-hydrogen) atoms. The number of ketones is 2. The lowest BCUT2D eigenvalue weighted by Crippen LogP contribution is -2.63. The quantitative estimate of drug-likeness (QED) is 0.448. The number of amides is 1. The van der Waals surface area contributed by atoms with Gasteiger partial charge in [0.1, 0.15) is 17.4 Å². The van der Waals surface area contributed by atoms with Crippen LogP contribution < -0.4 is 5.73 Å². The van der Waals surface area contributed by atoms with Gasteiger partial charge in [-0.1, -0.05) is 18.2 Å². The molecule has 0 aromatic heterocycles. The number of hydrogen-bond donors (Lipinski definition) is 5. The number of fused-ring (bicyclic) bond motifs is 3. The second-order valence-electron chi connectivity index (χ2n) is 8.50. The highest BCUT2D eigenvalue weighted by atomic mass is 16.3. The van der Waals surface area contributed by atoms with Crippen LogP contribution in [0.4, 0.5) is 0 Å². The standard InChI is InChI=1S/C22H23NO7/c1-8(2)11-3-4-13(24)16-12(11)6-9-5-10-7-14(25)17(21(23)29)20(28)22(10,30)19(27)15(9)18(16)26/h3-4,9-10,14,17,24-25,27,30H,1,5-7H2,2H3,(H2,23,29)/t9-,10+,14?,17?,22+/m0/s1. The summed E-state index contributed by atoms with van der Waals surface area (Å²) < 4.78 is 0. The molecule has 0 radical (unpaired) electrons. The molecule has 1 aromatic carbocycles. The molecule has 3 aliphatic rings. The summed E-state index contributed by atoms with van der Waals surface area (Å²) in [5, 5.41) is 42.7. The van der Waals surface area contributed by atoms with E-state index in [2.05, 4.69) is 6.58 Å². The molecule has 4 rings (SSSR count). The van der Waals surface area contributed by atoms with Crippen molar-refractivity contribution in [3.63, 3.8) is 0 Å². The summed E-state index contributed by atoms with van der Waals surface area (Å²) in [5.41, 5.74) is 4.60. The molecule has 3 aliphatic carbocycles. The number of nitrogens with two attached hydrogens (primary N) is 1. The zero-order valence-electron chi connectivity index (χ0n) is 16.4. The van der Waals surface area contributed by atoms with Crippen molar-refractivity contribution < 1.29 is 34.8 Å². The Morgan fingerprint density at radius 1 is 1.23 bits per heavy atom. The van der Waals surface area contributed by atoms with E-state index in [1.54, 1.807) is 13.0 Å². The van der Waals surface area contributed by atoms with Crippen LogP contribution in [0.5, 0.6) is 5.75 Å². The van der Waals surface area contributed by atoms with E-state index < -0.39 is 52.7 Å². The fourth-order valence-electron chi connectivity index (χ4n) is 5.33. The van der Waals surface area contributed by atoms with Crippen molar-refractivity contribution in [2.45, 2.75) is 37.9 Å². The first kappa shape index (κ1) is 20.3. The molecule has 0 aliphatic heterocycles. The average Bonchev–Trinajstić information content (AvgIpc) is 2.64. The molecular formula is C22H23NO7. The van der Waals surface area contributed by atoms with Gasteiger partial charge in [0.15, 0.2) is 17.2 Å². The van der Waals surface area contributed by atoms with Crippen LogP contribution in [0, 0.1) is 17.8 Å². The number of aliphatic hydroxyl groups is 3. The Kier molecular flexibility index (Phi) is 4.41. The molecule has 0 heterocycles. The number of Topliss-reactive ketones (excluding diaryl/α,β-unsaturated/α-hetero) is 2. The summed E-state index contributed by atoms with van der Waals surface area (Å²) >= 11 is 0. The van der Waals surface area contributed by atoms with Gasteiger partial charge in [0.25, 0.3) is 0 Å². The lowest BCUT2D eigenvalue weighted by atomic mass is 9.57. The Morgan fingerprint density at radius 3 is 2.50 bits per heavy atom. The van der Waals surface area contributed by atoms with Gasteiger partial charge in [0.2, 0.25) is 5.91 Å². The van der Waals surface area contributed by atoms with Crippen molar-refractivity contribution in [2.24, 2.45) is 23.5 Å². The number of phenolic OH excluding ortho intramolecular Hbond substituents is 1. The molecule has 0 saturated heterocycles. The van der Waals surface area contributed by atoms with Crippen molar-refractivity contribution >= 4 is 23.0 Å². The van der Waals surface area contributed by atoms with Gasteiger partial charge in [-0.25, -0.2) is 0 Å². The largest absolute Gasteiger partial charge is 0.508 e. The van der Waals surface area contributed by atoms with E-state index in [-0.39, 0.29) is 36.1 Å². The SMILES string of the molecule is C=C(C)c1ccc(O)c2c1C[C@@H]1C[C@@H]3CC(O)C(C(N)=O)C(=O)[C@]3(O)C(O)=C1C2=O. The van der Waals surface area contributed by atoms with Crippen LogP contribution in [-0.4, -0.2) is 49.6 Å². The fourth-order valence-corrected chi connectivity index (χ4v) is 5.33. The number of rotatable bonds is 2. The number of primary amides is 1. The summed E-state index contributed by atoms with van der Waals surface area (Å²) in [6, 6.07) is 3.03. The van der Waals surface area contributed by atoms with E-state index in [0.29, 0.717) is 16.7 Å². The predicted molar refractivity (Wildman–Crippen MR) is 105 cm³/mol. The highest BCUT2D eigenvalue weighted by Gasteiger charge is 2.62. The first-order valence-electron chi connectivity index (χ1n) is 9.73. The van der Waals surface area contributed by atoms with E-state index in [1.165, 1.54) is 6.07 Å². The number of carbonyl (C=O) groups excluding carboxylic acids is 3. The number of allylic oxidation sites excluding steroid dienone is 2. The third-order valence-corrected chi connectivity index (χ3v) is 6.73. The smallest absolute Gasteiger partial charge is 0.230 e. The lowest BCUT2D eigenvalue weighted by Gasteiger charge is -2.48. The van der Waals surface area contributed by atoms with Crippen molar-refractivity contribution in [1.82, 2.24) is 0 Å². The summed E-state index contributed by atoms with van der Waals surface area (Å²) in [7, 11) is 0. The van der Waals surface area contributed by atoms with Crippen molar-refractivity contribution in [3.05, 3.63) is 46.7 Å². The number of phenols is 1. The van der Waals surface area contributed by atoms with E-state index in [0.717, 1.165) is 0 Å². The minimum atomic E-state index is -2.49. The highest BCUT2D eigenvalue weighted by Crippen LogP contribution is 2.52. The molecule has 2 unspecified atom stereocenters. The van der Waals surface area contributed by atoms with Crippen LogP contribution in [0.1, 0.15) is 41.3 Å². The van der Waals surface area contributed by atoms with Gasteiger partial charge < -0.3 is 26.2 Å². The fraction of sp³-hybridized carbons (Fsp3) is 0.409. The van der Waals surface area contributed by atoms with E-state index in [1.807, 2.05) is 0 Å². The lowest BCUT2D eigenvalue weighted by molar-refractivity contribution is -0.167. The zero-order chi connectivity index (χ0) is 22.1. The Bertz CT molecular complexity index is 1060. The molecular weight excluding hydrogens is 390 g/mol. The van der Waals surface area contributed by atoms with Gasteiger partial charge in [-0.15, -0.1) is 0 Å². The summed E-state index contributed by atoms with van der Waals surface area (Å²) in [6.45, 7) is 5.69. The highest BCUT2D eigenvalue weighted by molar-refractivity contribution is 6.15. The maximum absolute atomic E-state index is 13.3. The van der Waals surface area contributed by atoms with Gasteiger partial charge in [-0.2, -0.15) is 0 Å². The number of aliphatic hydroxyl groups excluding tert-OH is 2. The summed E-state index contributed by atoms with van der Waals surface area (Å²) in [4.78, 5) is 37.9. The number of aromatic hydroxyl groups is 1. The predicted octanol–water partition coefficient (Wildman–Crippen LogP) is 0.779. The van der Waals surface area contributed by atoms with Gasteiger partial charge in [0.05, 0.1) is 11.7 Å². The monoisotopic (exact) mass is 413 g/mol. The molecule has 1 aromatic rings. The van der Waals surface area contributed by atoms with E-state index in [9.17, 15) is 34.8 Å². The Balaban J connectivity index is 1.91. The normalized spacial score (nSPS) is 32.9.